The molecule has 0 radical (unpaired) electrons. The van der Waals surface area contributed by atoms with Crippen molar-refractivity contribution in [2.75, 3.05) is 0 Å². The van der Waals surface area contributed by atoms with Gasteiger partial charge in [0.1, 0.15) is 0 Å². The molecule has 2 atom stereocenters. The van der Waals surface area contributed by atoms with E-state index in [0.717, 1.165) is 24.3 Å². The summed E-state index contributed by atoms with van der Waals surface area (Å²) < 4.78 is 43.8. The molecule has 1 aliphatic rings. The van der Waals surface area contributed by atoms with Crippen LogP contribution in [0.1, 0.15) is 5.56 Å². The molecule has 1 aliphatic heterocycles. The average Bonchev–Trinajstić information content (AvgIpc) is 2.75. The molecule has 0 amide bonds. The number of carbonyl (C=O) groups excluding carboxylic acids is 1. The molecule has 1 aromatic carbocycles. The fourth-order valence-corrected chi connectivity index (χ4v) is 1.78. The van der Waals surface area contributed by atoms with Crippen LogP contribution in [-0.2, 0) is 15.1 Å². The second-order valence-corrected chi connectivity index (χ2v) is 3.85. The third-order valence-electron chi connectivity index (χ3n) is 2.71. The van der Waals surface area contributed by atoms with Crippen molar-refractivity contribution in [2.24, 2.45) is 0 Å². The van der Waals surface area contributed by atoms with Crippen molar-refractivity contribution in [3.8, 4) is 0 Å². The Bertz CT molecular complexity index is 481. The van der Waals surface area contributed by atoms with E-state index in [1.54, 1.807) is 0 Å². The van der Waals surface area contributed by atoms with Gasteiger partial charge >= 0.3 is 12.1 Å². The predicted molar refractivity (Wildman–Crippen MR) is 55.4 cm³/mol. The molecular formula is C12H9F3O3. The molecule has 0 saturated carbocycles. The number of cyclic esters (lactones) is 1. The number of hydrogen-bond acceptors (Lipinski definition) is 3. The first-order chi connectivity index (χ1) is 8.35. The van der Waals surface area contributed by atoms with Gasteiger partial charge in [-0.25, -0.2) is 4.79 Å². The Balaban J connectivity index is 2.49. The van der Waals surface area contributed by atoms with Gasteiger partial charge in [0.15, 0.2) is 6.10 Å². The highest BCUT2D eigenvalue weighted by Crippen LogP contribution is 2.44. The quantitative estimate of drug-likeness (QED) is 0.824. The summed E-state index contributed by atoms with van der Waals surface area (Å²) in [5.41, 5.74) is -3.61. The lowest BCUT2D eigenvalue weighted by molar-refractivity contribution is -0.290. The normalized spacial score (nSPS) is 22.7. The fourth-order valence-electron chi connectivity index (χ4n) is 1.78. The summed E-state index contributed by atoms with van der Waals surface area (Å²) in [4.78, 5) is 10.9. The van der Waals surface area contributed by atoms with Crippen LogP contribution in [0.2, 0.25) is 0 Å². The standard InChI is InChI=1S/C12H9F3O3/c13-12(14,15)11(17,8-4-2-1-3-5-8)9-6-7-10(16)18-9/h1-7,9,17H/t9-,11+/m0/s1. The summed E-state index contributed by atoms with van der Waals surface area (Å²) in [6, 6.07) is 6.52. The van der Waals surface area contributed by atoms with Crippen molar-refractivity contribution in [2.45, 2.75) is 17.9 Å². The van der Waals surface area contributed by atoms with Gasteiger partial charge < -0.3 is 9.84 Å². The van der Waals surface area contributed by atoms with E-state index in [-0.39, 0.29) is 5.56 Å². The second-order valence-electron chi connectivity index (χ2n) is 3.85. The SMILES string of the molecule is O=C1C=C[C@@H]([C@](O)(c2ccccc2)C(F)(F)F)O1. The molecule has 0 aromatic heterocycles. The number of carbonyl (C=O) groups is 1. The second kappa shape index (κ2) is 4.13. The minimum atomic E-state index is -4.96. The van der Waals surface area contributed by atoms with Gasteiger partial charge in [-0.1, -0.05) is 30.3 Å². The minimum Gasteiger partial charge on any atom is -0.451 e. The molecule has 0 aliphatic carbocycles. The van der Waals surface area contributed by atoms with Gasteiger partial charge in [0, 0.05) is 6.08 Å². The maximum Gasteiger partial charge on any atom is 0.425 e. The smallest absolute Gasteiger partial charge is 0.425 e. The van der Waals surface area contributed by atoms with Gasteiger partial charge in [0.25, 0.3) is 0 Å². The van der Waals surface area contributed by atoms with Crippen LogP contribution in [0.3, 0.4) is 0 Å². The molecule has 96 valence electrons. The average molecular weight is 258 g/mol. The van der Waals surface area contributed by atoms with Crippen LogP contribution < -0.4 is 0 Å². The largest absolute Gasteiger partial charge is 0.451 e. The van der Waals surface area contributed by atoms with Gasteiger partial charge in [-0.15, -0.1) is 0 Å². The fraction of sp³-hybridized carbons (Fsp3) is 0.250. The van der Waals surface area contributed by atoms with Crippen LogP contribution in [0.5, 0.6) is 0 Å². The van der Waals surface area contributed by atoms with Crippen molar-refractivity contribution in [1.82, 2.24) is 0 Å². The van der Waals surface area contributed by atoms with E-state index in [1.807, 2.05) is 0 Å². The molecule has 1 N–H and O–H groups in total. The van der Waals surface area contributed by atoms with Gasteiger partial charge in [0.2, 0.25) is 5.60 Å². The highest BCUT2D eigenvalue weighted by Gasteiger charge is 2.61. The van der Waals surface area contributed by atoms with Crippen LogP contribution in [0.25, 0.3) is 0 Å². The molecule has 1 heterocycles. The van der Waals surface area contributed by atoms with Crippen molar-refractivity contribution >= 4 is 5.97 Å². The van der Waals surface area contributed by atoms with Gasteiger partial charge in [-0.05, 0) is 11.6 Å². The molecule has 0 saturated heterocycles. The summed E-state index contributed by atoms with van der Waals surface area (Å²) in [7, 11) is 0. The lowest BCUT2D eigenvalue weighted by Gasteiger charge is -2.34. The molecule has 0 bridgehead atoms. The Morgan fingerprint density at radius 3 is 2.22 bits per heavy atom. The maximum atomic E-state index is 13.1. The summed E-state index contributed by atoms with van der Waals surface area (Å²) in [6.45, 7) is 0. The third kappa shape index (κ3) is 1.88. The number of benzene rings is 1. The lowest BCUT2D eigenvalue weighted by atomic mass is 9.87. The highest BCUT2D eigenvalue weighted by molar-refractivity contribution is 5.84. The third-order valence-corrected chi connectivity index (χ3v) is 2.71. The van der Waals surface area contributed by atoms with Crippen molar-refractivity contribution in [1.29, 1.82) is 0 Å². The molecule has 2 rings (SSSR count). The Kier molecular flexibility index (Phi) is 2.90. The van der Waals surface area contributed by atoms with E-state index in [9.17, 15) is 23.1 Å². The zero-order valence-electron chi connectivity index (χ0n) is 9.02. The molecule has 0 spiro atoms. The van der Waals surface area contributed by atoms with Gasteiger partial charge in [-0.2, -0.15) is 13.2 Å². The number of alkyl halides is 3. The van der Waals surface area contributed by atoms with E-state index >= 15 is 0 Å². The molecule has 3 nitrogen and oxygen atoms in total. The topological polar surface area (TPSA) is 46.5 Å². The van der Waals surface area contributed by atoms with E-state index in [0.29, 0.717) is 0 Å². The van der Waals surface area contributed by atoms with Crippen LogP contribution in [0.4, 0.5) is 13.2 Å². The number of esters is 1. The number of rotatable bonds is 2. The number of ether oxygens (including phenoxy) is 1. The monoisotopic (exact) mass is 258 g/mol. The van der Waals surface area contributed by atoms with Gasteiger partial charge in [-0.3, -0.25) is 0 Å². The molecular weight excluding hydrogens is 249 g/mol. The van der Waals surface area contributed by atoms with E-state index in [4.69, 9.17) is 0 Å². The number of halogens is 3. The number of aliphatic hydroxyl groups is 1. The summed E-state index contributed by atoms with van der Waals surface area (Å²) in [6.07, 6.45) is -4.96. The molecule has 6 heteroatoms. The van der Waals surface area contributed by atoms with Crippen molar-refractivity contribution < 1.29 is 27.8 Å². The van der Waals surface area contributed by atoms with Crippen molar-refractivity contribution in [3.63, 3.8) is 0 Å². The maximum absolute atomic E-state index is 13.1. The van der Waals surface area contributed by atoms with Gasteiger partial charge in [0.05, 0.1) is 0 Å². The first-order valence-electron chi connectivity index (χ1n) is 5.09. The summed E-state index contributed by atoms with van der Waals surface area (Å²) in [5, 5.41) is 9.98. The first kappa shape index (κ1) is 12.6. The predicted octanol–water partition coefficient (Wildman–Crippen LogP) is 1.92. The van der Waals surface area contributed by atoms with E-state index < -0.39 is 23.9 Å². The Morgan fingerprint density at radius 1 is 1.17 bits per heavy atom. The van der Waals surface area contributed by atoms with E-state index in [1.165, 1.54) is 18.2 Å². The van der Waals surface area contributed by atoms with Crippen molar-refractivity contribution in [3.05, 3.63) is 48.0 Å². The number of hydrogen-bond donors (Lipinski definition) is 1. The Hall–Kier alpha value is -1.82. The first-order valence-corrected chi connectivity index (χ1v) is 5.09. The molecule has 18 heavy (non-hydrogen) atoms. The zero-order valence-corrected chi connectivity index (χ0v) is 9.02. The molecule has 0 fully saturated rings. The van der Waals surface area contributed by atoms with Crippen LogP contribution in [0.15, 0.2) is 42.5 Å². The van der Waals surface area contributed by atoms with Crippen LogP contribution in [0, 0.1) is 0 Å². The zero-order chi connectivity index (χ0) is 13.4. The highest BCUT2D eigenvalue weighted by atomic mass is 19.4. The summed E-state index contributed by atoms with van der Waals surface area (Å²) in [5.74, 6) is -0.904. The molecule has 0 unspecified atom stereocenters. The van der Waals surface area contributed by atoms with Crippen LogP contribution in [-0.4, -0.2) is 23.4 Å². The van der Waals surface area contributed by atoms with E-state index in [2.05, 4.69) is 4.74 Å². The minimum absolute atomic E-state index is 0.373. The Morgan fingerprint density at radius 2 is 1.78 bits per heavy atom. The Labute approximate surface area is 100 Å². The molecule has 1 aromatic rings. The summed E-state index contributed by atoms with van der Waals surface area (Å²) >= 11 is 0. The van der Waals surface area contributed by atoms with Crippen LogP contribution >= 0.6 is 0 Å². The lowest BCUT2D eigenvalue weighted by Crippen LogP contribution is -2.51.